The highest BCUT2D eigenvalue weighted by Crippen LogP contribution is 2.39. The van der Waals surface area contributed by atoms with E-state index in [1.165, 1.54) is 43.2 Å². The molecular formula is C17H22O2. The number of phenolic OH excluding ortho intramolecular Hbond substituents is 1. The Hall–Kier alpha value is -1.44. The van der Waals surface area contributed by atoms with Crippen LogP contribution in [-0.2, 0) is 6.42 Å². The molecule has 102 valence electrons. The predicted octanol–water partition coefficient (Wildman–Crippen LogP) is 4.32. The summed E-state index contributed by atoms with van der Waals surface area (Å²) >= 11 is 0. The summed E-state index contributed by atoms with van der Waals surface area (Å²) in [5.74, 6) is 1.89. The van der Waals surface area contributed by atoms with Crippen LogP contribution in [0, 0.1) is 0 Å². The van der Waals surface area contributed by atoms with Gasteiger partial charge in [-0.25, -0.2) is 0 Å². The van der Waals surface area contributed by atoms with Crippen molar-refractivity contribution in [1.29, 1.82) is 0 Å². The van der Waals surface area contributed by atoms with Gasteiger partial charge in [0.2, 0.25) is 0 Å². The third-order valence-electron chi connectivity index (χ3n) is 4.39. The van der Waals surface area contributed by atoms with Gasteiger partial charge in [0.05, 0.1) is 0 Å². The van der Waals surface area contributed by atoms with Crippen molar-refractivity contribution in [2.24, 2.45) is 0 Å². The van der Waals surface area contributed by atoms with Gasteiger partial charge in [0.25, 0.3) is 0 Å². The van der Waals surface area contributed by atoms with E-state index < -0.39 is 0 Å². The minimum absolute atomic E-state index is 0.407. The highest BCUT2D eigenvalue weighted by molar-refractivity contribution is 5.50. The number of hydrogen-bond acceptors (Lipinski definition) is 2. The summed E-state index contributed by atoms with van der Waals surface area (Å²) in [7, 11) is 0. The van der Waals surface area contributed by atoms with Crippen LogP contribution in [0.25, 0.3) is 0 Å². The molecule has 1 aliphatic carbocycles. The number of benzene rings is 1. The van der Waals surface area contributed by atoms with Crippen LogP contribution in [0.2, 0.25) is 0 Å². The number of hydrogen-bond donors (Lipinski definition) is 1. The van der Waals surface area contributed by atoms with Crippen LogP contribution in [0.1, 0.15) is 56.1 Å². The van der Waals surface area contributed by atoms with E-state index in [-0.39, 0.29) is 0 Å². The van der Waals surface area contributed by atoms with Crippen LogP contribution in [0.15, 0.2) is 23.8 Å². The molecule has 0 amide bonds. The summed E-state index contributed by atoms with van der Waals surface area (Å²) in [5.41, 5.74) is 3.43. The Morgan fingerprint density at radius 3 is 2.74 bits per heavy atom. The van der Waals surface area contributed by atoms with Gasteiger partial charge in [-0.1, -0.05) is 25.3 Å². The molecule has 0 spiro atoms. The van der Waals surface area contributed by atoms with Crippen molar-refractivity contribution in [3.05, 3.63) is 34.9 Å². The Kier molecular flexibility index (Phi) is 3.50. The van der Waals surface area contributed by atoms with Gasteiger partial charge in [-0.2, -0.15) is 0 Å². The van der Waals surface area contributed by atoms with Crippen molar-refractivity contribution in [2.75, 3.05) is 6.61 Å². The second-order valence-corrected chi connectivity index (χ2v) is 5.89. The zero-order chi connectivity index (χ0) is 13.2. The van der Waals surface area contributed by atoms with Crippen molar-refractivity contribution in [3.63, 3.8) is 0 Å². The molecule has 0 bridgehead atoms. The van der Waals surface area contributed by atoms with E-state index in [0.29, 0.717) is 18.3 Å². The van der Waals surface area contributed by atoms with Crippen molar-refractivity contribution in [1.82, 2.24) is 0 Å². The van der Waals surface area contributed by atoms with Crippen LogP contribution >= 0.6 is 0 Å². The summed E-state index contributed by atoms with van der Waals surface area (Å²) in [5, 5.41) is 10.3. The second-order valence-electron chi connectivity index (χ2n) is 5.89. The second kappa shape index (κ2) is 5.28. The molecule has 1 fully saturated rings. The summed E-state index contributed by atoms with van der Waals surface area (Å²) in [6.07, 6.45) is 9.38. The first kappa shape index (κ1) is 12.6. The number of aromatic hydroxyl groups is 1. The lowest BCUT2D eigenvalue weighted by atomic mass is 9.83. The van der Waals surface area contributed by atoms with Gasteiger partial charge in [0.1, 0.15) is 18.1 Å². The van der Waals surface area contributed by atoms with Gasteiger partial charge in [0.15, 0.2) is 0 Å². The van der Waals surface area contributed by atoms with Crippen molar-refractivity contribution in [3.8, 4) is 11.5 Å². The topological polar surface area (TPSA) is 29.5 Å². The lowest BCUT2D eigenvalue weighted by Gasteiger charge is -2.23. The molecule has 19 heavy (non-hydrogen) atoms. The van der Waals surface area contributed by atoms with E-state index in [2.05, 4.69) is 19.1 Å². The molecule has 1 aliphatic heterocycles. The molecule has 1 aromatic carbocycles. The molecule has 0 radical (unpaired) electrons. The highest BCUT2D eigenvalue weighted by atomic mass is 16.5. The largest absolute Gasteiger partial charge is 0.508 e. The average molecular weight is 258 g/mol. The zero-order valence-electron chi connectivity index (χ0n) is 11.6. The maximum Gasteiger partial charge on any atom is 0.127 e. The fraction of sp³-hybridized carbons (Fsp3) is 0.529. The fourth-order valence-corrected chi connectivity index (χ4v) is 3.18. The molecule has 2 aliphatic rings. The Labute approximate surface area is 115 Å². The van der Waals surface area contributed by atoms with E-state index in [1.54, 1.807) is 0 Å². The summed E-state index contributed by atoms with van der Waals surface area (Å²) in [4.78, 5) is 0. The Morgan fingerprint density at radius 2 is 1.95 bits per heavy atom. The first-order valence-electron chi connectivity index (χ1n) is 7.38. The third kappa shape index (κ3) is 2.63. The number of allylic oxidation sites excluding steroid dienone is 1. The molecular weight excluding hydrogens is 236 g/mol. The van der Waals surface area contributed by atoms with Gasteiger partial charge < -0.3 is 9.84 Å². The van der Waals surface area contributed by atoms with Crippen LogP contribution in [0.3, 0.4) is 0 Å². The Balaban J connectivity index is 1.92. The lowest BCUT2D eigenvalue weighted by Crippen LogP contribution is -2.06. The predicted molar refractivity (Wildman–Crippen MR) is 76.9 cm³/mol. The minimum Gasteiger partial charge on any atom is -0.508 e. The SMILES string of the molecule is CC1=CCc2c(O)cc(C3CCCCC3)cc2OC1. The number of ether oxygens (including phenoxy) is 1. The van der Waals surface area contributed by atoms with Gasteiger partial charge in [-0.05, 0) is 55.4 Å². The number of rotatable bonds is 1. The minimum atomic E-state index is 0.407. The Bertz CT molecular complexity index is 496. The maximum absolute atomic E-state index is 10.3. The van der Waals surface area contributed by atoms with Crippen molar-refractivity contribution < 1.29 is 9.84 Å². The molecule has 0 aromatic heterocycles. The standard InChI is InChI=1S/C17H22O2/c1-12-7-8-15-16(18)9-14(10-17(15)19-11-12)13-5-3-2-4-6-13/h7,9-10,13,18H,2-6,8,11H2,1H3. The summed E-state index contributed by atoms with van der Waals surface area (Å²) in [6.45, 7) is 2.71. The maximum atomic E-state index is 10.3. The van der Waals surface area contributed by atoms with E-state index >= 15 is 0 Å². The molecule has 0 atom stereocenters. The molecule has 1 aromatic rings. The van der Waals surface area contributed by atoms with Crippen molar-refractivity contribution >= 4 is 0 Å². The highest BCUT2D eigenvalue weighted by Gasteiger charge is 2.20. The molecule has 0 saturated heterocycles. The molecule has 1 N–H and O–H groups in total. The van der Waals surface area contributed by atoms with Gasteiger partial charge in [0, 0.05) is 5.56 Å². The van der Waals surface area contributed by atoms with E-state index in [0.717, 1.165) is 17.7 Å². The lowest BCUT2D eigenvalue weighted by molar-refractivity contribution is 0.347. The average Bonchev–Trinajstić information content (AvgIpc) is 2.62. The smallest absolute Gasteiger partial charge is 0.127 e. The van der Waals surface area contributed by atoms with E-state index in [1.807, 2.05) is 6.07 Å². The van der Waals surface area contributed by atoms with Crippen LogP contribution in [-0.4, -0.2) is 11.7 Å². The molecule has 2 nitrogen and oxygen atoms in total. The number of fused-ring (bicyclic) bond motifs is 1. The zero-order valence-corrected chi connectivity index (χ0v) is 11.6. The van der Waals surface area contributed by atoms with Crippen molar-refractivity contribution in [2.45, 2.75) is 51.4 Å². The monoisotopic (exact) mass is 258 g/mol. The molecule has 1 saturated carbocycles. The number of phenols is 1. The first-order chi connectivity index (χ1) is 9.24. The fourth-order valence-electron chi connectivity index (χ4n) is 3.18. The normalized spacial score (nSPS) is 20.2. The quantitative estimate of drug-likeness (QED) is 0.760. The molecule has 2 heteroatoms. The van der Waals surface area contributed by atoms with Crippen LogP contribution in [0.5, 0.6) is 11.5 Å². The molecule has 0 unspecified atom stereocenters. The van der Waals surface area contributed by atoms with E-state index in [9.17, 15) is 5.11 Å². The van der Waals surface area contributed by atoms with Gasteiger partial charge >= 0.3 is 0 Å². The van der Waals surface area contributed by atoms with Gasteiger partial charge in [-0.15, -0.1) is 0 Å². The Morgan fingerprint density at radius 1 is 1.16 bits per heavy atom. The summed E-state index contributed by atoms with van der Waals surface area (Å²) < 4.78 is 5.84. The van der Waals surface area contributed by atoms with E-state index in [4.69, 9.17) is 4.74 Å². The van der Waals surface area contributed by atoms with Gasteiger partial charge in [-0.3, -0.25) is 0 Å². The van der Waals surface area contributed by atoms with Crippen LogP contribution in [0.4, 0.5) is 0 Å². The molecule has 1 heterocycles. The summed E-state index contributed by atoms with van der Waals surface area (Å²) in [6, 6.07) is 4.13. The first-order valence-corrected chi connectivity index (χ1v) is 7.38. The van der Waals surface area contributed by atoms with Crippen LogP contribution < -0.4 is 4.74 Å². The molecule has 3 rings (SSSR count). The third-order valence-corrected chi connectivity index (χ3v) is 4.39.